The number of fused-ring (bicyclic) bond motifs is 2. The average molecular weight is 371 g/mol. The zero-order valence-corrected chi connectivity index (χ0v) is 14.8. The number of hydrogen-bond donors (Lipinski definition) is 2. The minimum absolute atomic E-state index is 0.00792. The van der Waals surface area contributed by atoms with E-state index in [1.165, 1.54) is 32.4 Å². The Morgan fingerprint density at radius 2 is 1.96 bits per heavy atom. The van der Waals surface area contributed by atoms with Crippen LogP contribution in [0.25, 0.3) is 0 Å². The van der Waals surface area contributed by atoms with Crippen molar-refractivity contribution in [3.05, 3.63) is 18.2 Å². The lowest BCUT2D eigenvalue weighted by molar-refractivity contribution is -0.170. The molecule has 9 nitrogen and oxygen atoms in total. The number of sulfonamides is 1. The topological polar surface area (TPSA) is 106 Å². The van der Waals surface area contributed by atoms with E-state index in [1.807, 2.05) is 0 Å². The van der Waals surface area contributed by atoms with Crippen molar-refractivity contribution in [1.29, 1.82) is 0 Å². The van der Waals surface area contributed by atoms with Gasteiger partial charge in [0.25, 0.3) is 0 Å². The van der Waals surface area contributed by atoms with Gasteiger partial charge in [0.15, 0.2) is 0 Å². The van der Waals surface area contributed by atoms with E-state index in [0.29, 0.717) is 32.0 Å². The normalized spacial score (nSPS) is 23.2. The highest BCUT2D eigenvalue weighted by atomic mass is 32.2. The number of rotatable bonds is 4. The maximum Gasteiger partial charge on any atom is 0.322 e. The molecule has 0 spiro atoms. The van der Waals surface area contributed by atoms with Crippen molar-refractivity contribution in [2.45, 2.75) is 17.1 Å². The van der Waals surface area contributed by atoms with E-state index in [0.717, 1.165) is 0 Å². The molecule has 2 aliphatic heterocycles. The fraction of sp³-hybridized carbons (Fsp3) is 0.533. The minimum atomic E-state index is -3.65. The lowest BCUT2D eigenvalue weighted by Crippen LogP contribution is -2.56. The highest BCUT2D eigenvalue weighted by molar-refractivity contribution is 7.89. The first kappa shape index (κ1) is 17.9. The van der Waals surface area contributed by atoms with Crippen LogP contribution >= 0.6 is 0 Å². The SMILES string of the molecule is CNS(=O)(=O)c1ccc(NC(=O)N2CC3COCC(C2)O3)cc1OC. The summed E-state index contributed by atoms with van der Waals surface area (Å²) >= 11 is 0. The Bertz CT molecular complexity index is 742. The summed E-state index contributed by atoms with van der Waals surface area (Å²) in [6, 6.07) is 4.12. The first-order valence-corrected chi connectivity index (χ1v) is 9.32. The largest absolute Gasteiger partial charge is 0.495 e. The van der Waals surface area contributed by atoms with Gasteiger partial charge < -0.3 is 24.4 Å². The quantitative estimate of drug-likeness (QED) is 0.785. The summed E-state index contributed by atoms with van der Waals surface area (Å²) in [6.45, 7) is 1.85. The molecule has 2 aliphatic rings. The Hall–Kier alpha value is -1.88. The molecular weight excluding hydrogens is 350 g/mol. The Morgan fingerprint density at radius 1 is 1.28 bits per heavy atom. The number of benzene rings is 1. The molecule has 2 amide bonds. The van der Waals surface area contributed by atoms with Crippen LogP contribution in [0.2, 0.25) is 0 Å². The number of urea groups is 1. The fourth-order valence-electron chi connectivity index (χ4n) is 2.88. The summed E-state index contributed by atoms with van der Waals surface area (Å²) in [5.41, 5.74) is 0.449. The zero-order chi connectivity index (χ0) is 18.0. The molecule has 138 valence electrons. The summed E-state index contributed by atoms with van der Waals surface area (Å²) in [5.74, 6) is 0.152. The maximum atomic E-state index is 12.5. The van der Waals surface area contributed by atoms with Crippen molar-refractivity contribution in [2.24, 2.45) is 0 Å². The van der Waals surface area contributed by atoms with Crippen LogP contribution in [-0.4, -0.2) is 72.0 Å². The van der Waals surface area contributed by atoms with Gasteiger partial charge in [0.2, 0.25) is 10.0 Å². The van der Waals surface area contributed by atoms with Crippen molar-refractivity contribution in [3.63, 3.8) is 0 Å². The zero-order valence-electron chi connectivity index (χ0n) is 14.0. The Labute approximate surface area is 146 Å². The van der Waals surface area contributed by atoms with Crippen molar-refractivity contribution in [3.8, 4) is 5.75 Å². The lowest BCUT2D eigenvalue weighted by atomic mass is 10.2. The molecule has 2 unspecified atom stereocenters. The van der Waals surface area contributed by atoms with Crippen LogP contribution in [0.3, 0.4) is 0 Å². The molecule has 25 heavy (non-hydrogen) atoms. The second-order valence-corrected chi connectivity index (χ2v) is 7.68. The second-order valence-electron chi connectivity index (χ2n) is 5.83. The summed E-state index contributed by atoms with van der Waals surface area (Å²) < 4.78 is 42.4. The molecule has 2 heterocycles. The summed E-state index contributed by atoms with van der Waals surface area (Å²) in [4.78, 5) is 14.2. The van der Waals surface area contributed by atoms with Gasteiger partial charge in [-0.15, -0.1) is 0 Å². The van der Waals surface area contributed by atoms with E-state index in [2.05, 4.69) is 10.0 Å². The molecule has 2 fully saturated rings. The third-order valence-electron chi connectivity index (χ3n) is 4.10. The number of carbonyl (C=O) groups excluding carboxylic acids is 1. The molecule has 0 aliphatic carbocycles. The minimum Gasteiger partial charge on any atom is -0.495 e. The molecule has 2 N–H and O–H groups in total. The lowest BCUT2D eigenvalue weighted by Gasteiger charge is -2.41. The van der Waals surface area contributed by atoms with E-state index >= 15 is 0 Å². The van der Waals surface area contributed by atoms with Gasteiger partial charge in [-0.1, -0.05) is 0 Å². The van der Waals surface area contributed by atoms with Gasteiger partial charge >= 0.3 is 6.03 Å². The molecule has 2 atom stereocenters. The van der Waals surface area contributed by atoms with E-state index < -0.39 is 10.0 Å². The second kappa shape index (κ2) is 7.16. The van der Waals surface area contributed by atoms with Gasteiger partial charge in [-0.25, -0.2) is 17.9 Å². The number of carbonyl (C=O) groups is 1. The van der Waals surface area contributed by atoms with Crippen LogP contribution in [0, 0.1) is 0 Å². The number of nitrogens with one attached hydrogen (secondary N) is 2. The highest BCUT2D eigenvalue weighted by Gasteiger charge is 2.34. The summed E-state index contributed by atoms with van der Waals surface area (Å²) in [7, 11) is -0.949. The molecule has 2 bridgehead atoms. The third-order valence-corrected chi connectivity index (χ3v) is 5.55. The number of amides is 2. The van der Waals surface area contributed by atoms with Crippen LogP contribution in [0.5, 0.6) is 5.75 Å². The van der Waals surface area contributed by atoms with E-state index in [4.69, 9.17) is 14.2 Å². The molecule has 3 rings (SSSR count). The average Bonchev–Trinajstić information content (AvgIpc) is 2.61. The smallest absolute Gasteiger partial charge is 0.322 e. The Balaban J connectivity index is 1.73. The molecule has 2 saturated heterocycles. The van der Waals surface area contributed by atoms with Crippen molar-refractivity contribution in [1.82, 2.24) is 9.62 Å². The van der Waals surface area contributed by atoms with Crippen LogP contribution in [0.4, 0.5) is 10.5 Å². The van der Waals surface area contributed by atoms with Crippen molar-refractivity contribution >= 4 is 21.7 Å². The summed E-state index contributed by atoms with van der Waals surface area (Å²) in [5, 5.41) is 2.77. The number of anilines is 1. The number of methoxy groups -OCH3 is 1. The standard InChI is InChI=1S/C15H21N3O6S/c1-16-25(20,21)14-4-3-10(5-13(14)22-2)17-15(19)18-6-11-8-23-9-12(7-18)24-11/h3-5,11-12,16H,6-9H2,1-2H3,(H,17,19). The van der Waals surface area contributed by atoms with Crippen molar-refractivity contribution < 1.29 is 27.4 Å². The predicted octanol–water partition coefficient (Wildman–Crippen LogP) is 0.235. The molecule has 0 radical (unpaired) electrons. The fourth-order valence-corrected chi connectivity index (χ4v) is 3.76. The van der Waals surface area contributed by atoms with Crippen LogP contribution in [0.15, 0.2) is 23.1 Å². The number of nitrogens with zero attached hydrogens (tertiary/aromatic N) is 1. The van der Waals surface area contributed by atoms with Crippen LogP contribution < -0.4 is 14.8 Å². The Kier molecular flexibility index (Phi) is 5.13. The first-order chi connectivity index (χ1) is 11.9. The summed E-state index contributed by atoms with van der Waals surface area (Å²) in [6.07, 6.45) is -0.230. The van der Waals surface area contributed by atoms with Gasteiger partial charge in [-0.2, -0.15) is 0 Å². The van der Waals surface area contributed by atoms with Gasteiger partial charge in [0, 0.05) is 11.8 Å². The van der Waals surface area contributed by atoms with Crippen molar-refractivity contribution in [2.75, 3.05) is 45.8 Å². The number of morpholine rings is 1. The highest BCUT2D eigenvalue weighted by Crippen LogP contribution is 2.27. The number of ether oxygens (including phenoxy) is 3. The monoisotopic (exact) mass is 371 g/mol. The molecule has 0 aromatic heterocycles. The first-order valence-electron chi connectivity index (χ1n) is 7.83. The van der Waals surface area contributed by atoms with Gasteiger partial charge in [-0.05, 0) is 19.2 Å². The number of hydrogen-bond acceptors (Lipinski definition) is 6. The van der Waals surface area contributed by atoms with Gasteiger partial charge in [0.1, 0.15) is 10.6 Å². The molecular formula is C15H21N3O6S. The van der Waals surface area contributed by atoms with E-state index in [-0.39, 0.29) is 28.9 Å². The molecule has 1 aromatic carbocycles. The van der Waals surface area contributed by atoms with Gasteiger partial charge in [-0.3, -0.25) is 0 Å². The maximum absolute atomic E-state index is 12.5. The third kappa shape index (κ3) is 3.87. The van der Waals surface area contributed by atoms with E-state index in [9.17, 15) is 13.2 Å². The molecule has 0 saturated carbocycles. The van der Waals surface area contributed by atoms with Crippen LogP contribution in [0.1, 0.15) is 0 Å². The Morgan fingerprint density at radius 3 is 2.56 bits per heavy atom. The van der Waals surface area contributed by atoms with E-state index in [1.54, 1.807) is 4.90 Å². The molecule has 10 heteroatoms. The predicted molar refractivity (Wildman–Crippen MR) is 89.3 cm³/mol. The van der Waals surface area contributed by atoms with Gasteiger partial charge in [0.05, 0.1) is 45.6 Å². The molecule has 1 aromatic rings. The van der Waals surface area contributed by atoms with Crippen LogP contribution in [-0.2, 0) is 19.5 Å².